The summed E-state index contributed by atoms with van der Waals surface area (Å²) < 4.78 is 10.5. The quantitative estimate of drug-likeness (QED) is 0.653. The van der Waals surface area contributed by atoms with E-state index in [1.165, 1.54) is 0 Å². The molecule has 2 aromatic rings. The first-order chi connectivity index (χ1) is 11.7. The second kappa shape index (κ2) is 8.44. The number of benzene rings is 2. The fourth-order valence-electron chi connectivity index (χ4n) is 2.17. The predicted molar refractivity (Wildman–Crippen MR) is 94.5 cm³/mol. The van der Waals surface area contributed by atoms with Crippen molar-refractivity contribution in [2.75, 3.05) is 26.6 Å². The van der Waals surface area contributed by atoms with Gasteiger partial charge in [0.1, 0.15) is 0 Å². The zero-order valence-corrected chi connectivity index (χ0v) is 14.0. The number of nitrogens with one attached hydrogen (secondary N) is 2. The molecule has 0 aliphatic carbocycles. The summed E-state index contributed by atoms with van der Waals surface area (Å²) in [7, 11) is 4.89. The maximum absolute atomic E-state index is 8.94. The van der Waals surface area contributed by atoms with Crippen molar-refractivity contribution in [1.29, 1.82) is 5.26 Å². The number of nitriles is 1. The first-order valence-corrected chi connectivity index (χ1v) is 7.39. The molecule has 2 rings (SSSR count). The van der Waals surface area contributed by atoms with Crippen molar-refractivity contribution in [3.63, 3.8) is 0 Å². The van der Waals surface area contributed by atoms with E-state index in [1.54, 1.807) is 27.3 Å². The predicted octanol–water partition coefficient (Wildman–Crippen LogP) is 2.76. The van der Waals surface area contributed by atoms with Crippen LogP contribution in [0.1, 0.15) is 11.1 Å². The highest BCUT2D eigenvalue weighted by atomic mass is 16.5. The maximum Gasteiger partial charge on any atom is 0.195 e. The number of hydrogen-bond donors (Lipinski definition) is 2. The van der Waals surface area contributed by atoms with Crippen molar-refractivity contribution in [2.45, 2.75) is 6.54 Å². The van der Waals surface area contributed by atoms with E-state index in [-0.39, 0.29) is 0 Å². The molecule has 0 aliphatic rings. The second-order valence-corrected chi connectivity index (χ2v) is 4.93. The lowest BCUT2D eigenvalue weighted by atomic mass is 10.1. The van der Waals surface area contributed by atoms with Gasteiger partial charge in [-0.2, -0.15) is 5.26 Å². The molecule has 0 saturated heterocycles. The fourth-order valence-corrected chi connectivity index (χ4v) is 2.17. The molecule has 2 aromatic carbocycles. The summed E-state index contributed by atoms with van der Waals surface area (Å²) >= 11 is 0. The summed E-state index contributed by atoms with van der Waals surface area (Å²) in [6.07, 6.45) is 0. The molecule has 6 nitrogen and oxygen atoms in total. The number of rotatable bonds is 5. The van der Waals surface area contributed by atoms with E-state index in [0.717, 1.165) is 11.3 Å². The minimum Gasteiger partial charge on any atom is -0.493 e. The van der Waals surface area contributed by atoms with E-state index >= 15 is 0 Å². The second-order valence-electron chi connectivity index (χ2n) is 4.93. The van der Waals surface area contributed by atoms with Gasteiger partial charge in [-0.3, -0.25) is 4.99 Å². The Kier molecular flexibility index (Phi) is 6.03. The van der Waals surface area contributed by atoms with Crippen LogP contribution in [0.3, 0.4) is 0 Å². The summed E-state index contributed by atoms with van der Waals surface area (Å²) in [6.45, 7) is 0.558. The van der Waals surface area contributed by atoms with Gasteiger partial charge in [0.25, 0.3) is 0 Å². The van der Waals surface area contributed by atoms with Gasteiger partial charge in [-0.25, -0.2) is 0 Å². The molecule has 0 fully saturated rings. The molecule has 2 N–H and O–H groups in total. The van der Waals surface area contributed by atoms with Gasteiger partial charge in [-0.1, -0.05) is 12.1 Å². The molecule has 0 atom stereocenters. The molecule has 24 heavy (non-hydrogen) atoms. The first kappa shape index (κ1) is 17.2. The van der Waals surface area contributed by atoms with Gasteiger partial charge < -0.3 is 20.1 Å². The van der Waals surface area contributed by atoms with Crippen LogP contribution < -0.4 is 20.1 Å². The molecular weight excluding hydrogens is 304 g/mol. The molecule has 6 heteroatoms. The summed E-state index contributed by atoms with van der Waals surface area (Å²) in [4.78, 5) is 4.20. The van der Waals surface area contributed by atoms with Crippen LogP contribution in [0.25, 0.3) is 0 Å². The van der Waals surface area contributed by atoms with Crippen LogP contribution in [-0.2, 0) is 6.54 Å². The Hall–Kier alpha value is -3.20. The van der Waals surface area contributed by atoms with Crippen molar-refractivity contribution in [1.82, 2.24) is 5.32 Å². The van der Waals surface area contributed by atoms with Gasteiger partial charge in [0, 0.05) is 25.3 Å². The SMILES string of the molecule is CN=C(NCc1cccc(C#N)c1)Nc1ccc(OC)c(OC)c1. The third-order valence-corrected chi connectivity index (χ3v) is 3.39. The number of aliphatic imine (C=N–C) groups is 1. The topological polar surface area (TPSA) is 78.7 Å². The van der Waals surface area contributed by atoms with Gasteiger partial charge in [0.15, 0.2) is 17.5 Å². The van der Waals surface area contributed by atoms with E-state index < -0.39 is 0 Å². The maximum atomic E-state index is 8.94. The van der Waals surface area contributed by atoms with E-state index in [4.69, 9.17) is 14.7 Å². The third-order valence-electron chi connectivity index (χ3n) is 3.39. The van der Waals surface area contributed by atoms with Crippen molar-refractivity contribution in [2.24, 2.45) is 4.99 Å². The molecule has 0 aliphatic heterocycles. The highest BCUT2D eigenvalue weighted by molar-refractivity contribution is 5.93. The van der Waals surface area contributed by atoms with E-state index in [2.05, 4.69) is 21.7 Å². The third kappa shape index (κ3) is 4.40. The van der Waals surface area contributed by atoms with Crippen molar-refractivity contribution >= 4 is 11.6 Å². The molecule has 0 amide bonds. The molecule has 0 spiro atoms. The van der Waals surface area contributed by atoms with Crippen molar-refractivity contribution in [3.8, 4) is 17.6 Å². The Bertz CT molecular complexity index is 766. The average molecular weight is 324 g/mol. The summed E-state index contributed by atoms with van der Waals surface area (Å²) in [5, 5.41) is 15.3. The van der Waals surface area contributed by atoms with Crippen LogP contribution in [0.15, 0.2) is 47.5 Å². The van der Waals surface area contributed by atoms with Gasteiger partial charge in [0.2, 0.25) is 0 Å². The molecule has 124 valence electrons. The van der Waals surface area contributed by atoms with Crippen molar-refractivity contribution < 1.29 is 9.47 Å². The molecule has 0 unspecified atom stereocenters. The van der Waals surface area contributed by atoms with Crippen LogP contribution in [0, 0.1) is 11.3 Å². The lowest BCUT2D eigenvalue weighted by Gasteiger charge is -2.14. The standard InChI is InChI=1S/C18H20N4O2/c1-20-18(21-12-14-6-4-5-13(9-14)11-19)22-15-7-8-16(23-2)17(10-15)24-3/h4-10H,12H2,1-3H3,(H2,20,21,22). The zero-order chi connectivity index (χ0) is 17.4. The van der Waals surface area contributed by atoms with E-state index in [9.17, 15) is 0 Å². The Morgan fingerprint density at radius 2 is 1.92 bits per heavy atom. The average Bonchev–Trinajstić information content (AvgIpc) is 2.64. The van der Waals surface area contributed by atoms with Gasteiger partial charge in [0.05, 0.1) is 25.9 Å². The molecule has 0 aromatic heterocycles. The Balaban J connectivity index is 2.03. The summed E-state index contributed by atoms with van der Waals surface area (Å²) in [5.74, 6) is 1.92. The normalized spacial score (nSPS) is 10.7. The summed E-state index contributed by atoms with van der Waals surface area (Å²) in [6, 6.07) is 15.1. The van der Waals surface area contributed by atoms with Crippen LogP contribution in [-0.4, -0.2) is 27.2 Å². The zero-order valence-electron chi connectivity index (χ0n) is 14.0. The van der Waals surface area contributed by atoms with Crippen LogP contribution in [0.2, 0.25) is 0 Å². The van der Waals surface area contributed by atoms with Gasteiger partial charge in [-0.05, 0) is 29.8 Å². The van der Waals surface area contributed by atoms with Crippen LogP contribution in [0.5, 0.6) is 11.5 Å². The number of ether oxygens (including phenoxy) is 2. The largest absolute Gasteiger partial charge is 0.493 e. The number of anilines is 1. The summed E-state index contributed by atoms with van der Waals surface area (Å²) in [5.41, 5.74) is 2.47. The smallest absolute Gasteiger partial charge is 0.195 e. The minimum absolute atomic E-state index is 0.558. The minimum atomic E-state index is 0.558. The van der Waals surface area contributed by atoms with E-state index in [1.807, 2.05) is 36.4 Å². The molecular formula is C18H20N4O2. The van der Waals surface area contributed by atoms with E-state index in [0.29, 0.717) is 29.6 Å². The lowest BCUT2D eigenvalue weighted by Crippen LogP contribution is -2.30. The van der Waals surface area contributed by atoms with Gasteiger partial charge in [-0.15, -0.1) is 0 Å². The Labute approximate surface area is 141 Å². The number of guanidine groups is 1. The molecule has 0 radical (unpaired) electrons. The Morgan fingerprint density at radius 3 is 2.58 bits per heavy atom. The van der Waals surface area contributed by atoms with Crippen LogP contribution in [0.4, 0.5) is 5.69 Å². The molecule has 0 heterocycles. The highest BCUT2D eigenvalue weighted by Gasteiger charge is 2.06. The monoisotopic (exact) mass is 324 g/mol. The lowest BCUT2D eigenvalue weighted by molar-refractivity contribution is 0.355. The number of nitrogens with zero attached hydrogens (tertiary/aromatic N) is 2. The van der Waals surface area contributed by atoms with Crippen molar-refractivity contribution in [3.05, 3.63) is 53.6 Å². The fraction of sp³-hybridized carbons (Fsp3) is 0.222. The first-order valence-electron chi connectivity index (χ1n) is 7.39. The van der Waals surface area contributed by atoms with Gasteiger partial charge >= 0.3 is 0 Å². The number of hydrogen-bond acceptors (Lipinski definition) is 4. The molecule has 0 saturated carbocycles. The highest BCUT2D eigenvalue weighted by Crippen LogP contribution is 2.29. The van der Waals surface area contributed by atoms with Crippen LogP contribution >= 0.6 is 0 Å². The Morgan fingerprint density at radius 1 is 1.12 bits per heavy atom. The molecule has 0 bridgehead atoms. The number of methoxy groups -OCH3 is 2.